The summed E-state index contributed by atoms with van der Waals surface area (Å²) in [5.74, 6) is -1.69. The van der Waals surface area contributed by atoms with E-state index in [4.69, 9.17) is 4.74 Å². The summed E-state index contributed by atoms with van der Waals surface area (Å²) in [7, 11) is 0. The Bertz CT molecular complexity index is 706. The zero-order chi connectivity index (χ0) is 16.3. The summed E-state index contributed by atoms with van der Waals surface area (Å²) in [5.41, 5.74) is -1.82. The maximum Gasteiger partial charge on any atom is 0.416 e. The topological polar surface area (TPSA) is 69.4 Å². The minimum atomic E-state index is -4.57. The number of aromatic nitrogens is 1. The second-order valence-electron chi connectivity index (χ2n) is 4.20. The number of benzene rings is 1. The highest BCUT2D eigenvalue weighted by Gasteiger charge is 2.31. The maximum atomic E-state index is 12.7. The molecule has 0 radical (unpaired) electrons. The van der Waals surface area contributed by atoms with E-state index in [-0.39, 0.29) is 23.4 Å². The third-order valence-electron chi connectivity index (χ3n) is 2.74. The van der Waals surface area contributed by atoms with E-state index in [1.165, 1.54) is 6.07 Å². The number of carbonyl (C=O) groups excluding carboxylic acids is 2. The van der Waals surface area contributed by atoms with E-state index < -0.39 is 23.5 Å². The molecule has 0 unspecified atom stereocenters. The van der Waals surface area contributed by atoms with Gasteiger partial charge in [-0.2, -0.15) is 13.2 Å². The lowest BCUT2D eigenvalue weighted by Gasteiger charge is -2.07. The van der Waals surface area contributed by atoms with Gasteiger partial charge < -0.3 is 9.26 Å². The molecule has 1 aromatic carbocycles. The second-order valence-corrected chi connectivity index (χ2v) is 4.20. The first-order valence-corrected chi connectivity index (χ1v) is 6.18. The van der Waals surface area contributed by atoms with E-state index in [1.54, 1.807) is 6.92 Å². The summed E-state index contributed by atoms with van der Waals surface area (Å²) < 4.78 is 47.3. The molecule has 0 spiro atoms. The molecular weight excluding hydrogens is 303 g/mol. The second kappa shape index (κ2) is 6.00. The molecule has 116 valence electrons. The zero-order valence-corrected chi connectivity index (χ0v) is 11.3. The van der Waals surface area contributed by atoms with Gasteiger partial charge in [-0.3, -0.25) is 4.79 Å². The molecule has 2 rings (SSSR count). The SMILES string of the molecule is CCOC(=O)c1nocc1C(=O)c1cccc(C(F)(F)F)c1. The molecule has 5 nitrogen and oxygen atoms in total. The van der Waals surface area contributed by atoms with Crippen LogP contribution in [0.2, 0.25) is 0 Å². The van der Waals surface area contributed by atoms with Gasteiger partial charge in [0.25, 0.3) is 0 Å². The van der Waals surface area contributed by atoms with Gasteiger partial charge in [-0.1, -0.05) is 17.3 Å². The third-order valence-corrected chi connectivity index (χ3v) is 2.74. The fourth-order valence-corrected chi connectivity index (χ4v) is 1.74. The Balaban J connectivity index is 2.38. The number of halogens is 3. The van der Waals surface area contributed by atoms with Crippen LogP contribution in [-0.2, 0) is 10.9 Å². The monoisotopic (exact) mass is 313 g/mol. The van der Waals surface area contributed by atoms with Crippen LogP contribution in [-0.4, -0.2) is 23.5 Å². The molecule has 1 aromatic heterocycles. The van der Waals surface area contributed by atoms with Gasteiger partial charge in [0.15, 0.2) is 5.78 Å². The summed E-state index contributed by atoms with van der Waals surface area (Å²) in [6, 6.07) is 3.86. The average Bonchev–Trinajstić information content (AvgIpc) is 2.95. The molecule has 0 fully saturated rings. The van der Waals surface area contributed by atoms with E-state index in [9.17, 15) is 22.8 Å². The molecule has 22 heavy (non-hydrogen) atoms. The van der Waals surface area contributed by atoms with Crippen molar-refractivity contribution in [1.82, 2.24) is 5.16 Å². The van der Waals surface area contributed by atoms with Crippen molar-refractivity contribution in [3.8, 4) is 0 Å². The fraction of sp³-hybridized carbons (Fsp3) is 0.214. The van der Waals surface area contributed by atoms with Crippen molar-refractivity contribution < 1.29 is 32.0 Å². The fourth-order valence-electron chi connectivity index (χ4n) is 1.74. The van der Waals surface area contributed by atoms with Gasteiger partial charge in [-0.05, 0) is 19.1 Å². The van der Waals surface area contributed by atoms with Crippen LogP contribution in [0, 0.1) is 0 Å². The number of rotatable bonds is 4. The van der Waals surface area contributed by atoms with Crippen molar-refractivity contribution in [2.75, 3.05) is 6.61 Å². The lowest BCUT2D eigenvalue weighted by Crippen LogP contribution is -2.13. The quantitative estimate of drug-likeness (QED) is 0.641. The number of carbonyl (C=O) groups is 2. The predicted octanol–water partition coefficient (Wildman–Crippen LogP) is 3.10. The molecule has 0 amide bonds. The Morgan fingerprint density at radius 1 is 1.32 bits per heavy atom. The summed E-state index contributed by atoms with van der Waals surface area (Å²) >= 11 is 0. The van der Waals surface area contributed by atoms with Gasteiger partial charge in [0.2, 0.25) is 5.69 Å². The number of nitrogens with zero attached hydrogens (tertiary/aromatic N) is 1. The van der Waals surface area contributed by atoms with Crippen molar-refractivity contribution in [3.63, 3.8) is 0 Å². The Morgan fingerprint density at radius 3 is 2.68 bits per heavy atom. The van der Waals surface area contributed by atoms with Crippen LogP contribution in [0.25, 0.3) is 0 Å². The van der Waals surface area contributed by atoms with E-state index in [2.05, 4.69) is 9.68 Å². The van der Waals surface area contributed by atoms with Crippen LogP contribution in [0.3, 0.4) is 0 Å². The predicted molar refractivity (Wildman–Crippen MR) is 67.3 cm³/mol. The smallest absolute Gasteiger partial charge is 0.416 e. The summed E-state index contributed by atoms with van der Waals surface area (Å²) in [5, 5.41) is 3.36. The molecule has 0 saturated heterocycles. The first-order chi connectivity index (χ1) is 10.3. The first-order valence-electron chi connectivity index (χ1n) is 6.18. The largest absolute Gasteiger partial charge is 0.461 e. The highest BCUT2D eigenvalue weighted by molar-refractivity contribution is 6.13. The number of esters is 1. The zero-order valence-electron chi connectivity index (χ0n) is 11.3. The van der Waals surface area contributed by atoms with Gasteiger partial charge in [-0.15, -0.1) is 0 Å². The van der Waals surface area contributed by atoms with Crippen molar-refractivity contribution >= 4 is 11.8 Å². The Hall–Kier alpha value is -2.64. The van der Waals surface area contributed by atoms with E-state index in [1.807, 2.05) is 0 Å². The van der Waals surface area contributed by atoms with Crippen LogP contribution >= 0.6 is 0 Å². The van der Waals surface area contributed by atoms with E-state index in [0.717, 1.165) is 18.4 Å². The molecule has 0 aliphatic heterocycles. The van der Waals surface area contributed by atoms with Gasteiger partial charge in [-0.25, -0.2) is 4.79 Å². The standard InChI is InChI=1S/C14H10F3NO4/c1-2-21-13(20)11-10(7-22-18-11)12(19)8-4-3-5-9(6-8)14(15,16)17/h3-7H,2H2,1H3. The summed E-state index contributed by atoms with van der Waals surface area (Å²) in [6.45, 7) is 1.62. The number of hydrogen-bond donors (Lipinski definition) is 0. The Morgan fingerprint density at radius 2 is 2.05 bits per heavy atom. The lowest BCUT2D eigenvalue weighted by atomic mass is 10.0. The maximum absolute atomic E-state index is 12.7. The van der Waals surface area contributed by atoms with Crippen LogP contribution in [0.4, 0.5) is 13.2 Å². The van der Waals surface area contributed by atoms with Crippen molar-refractivity contribution in [2.45, 2.75) is 13.1 Å². The molecule has 0 N–H and O–H groups in total. The molecule has 1 heterocycles. The van der Waals surface area contributed by atoms with Crippen LogP contribution in [0.5, 0.6) is 0 Å². The van der Waals surface area contributed by atoms with Gasteiger partial charge >= 0.3 is 12.1 Å². The highest BCUT2D eigenvalue weighted by atomic mass is 19.4. The number of ketones is 1. The summed E-state index contributed by atoms with van der Waals surface area (Å²) in [6.07, 6.45) is -3.68. The number of hydrogen-bond acceptors (Lipinski definition) is 5. The first kappa shape index (κ1) is 15.7. The molecule has 0 aliphatic carbocycles. The van der Waals surface area contributed by atoms with Gasteiger partial charge in [0.05, 0.1) is 17.7 Å². The molecule has 2 aromatic rings. The molecule has 0 bridgehead atoms. The normalized spacial score (nSPS) is 11.3. The van der Waals surface area contributed by atoms with Crippen molar-refractivity contribution in [2.24, 2.45) is 0 Å². The number of ether oxygens (including phenoxy) is 1. The minimum Gasteiger partial charge on any atom is -0.461 e. The molecule has 8 heteroatoms. The van der Waals surface area contributed by atoms with Crippen LogP contribution in [0.1, 0.15) is 38.9 Å². The molecule has 0 saturated carbocycles. The van der Waals surface area contributed by atoms with E-state index in [0.29, 0.717) is 6.07 Å². The summed E-state index contributed by atoms with van der Waals surface area (Å²) in [4.78, 5) is 23.9. The van der Waals surface area contributed by atoms with E-state index >= 15 is 0 Å². The third kappa shape index (κ3) is 3.16. The van der Waals surface area contributed by atoms with Gasteiger partial charge in [0, 0.05) is 5.56 Å². The average molecular weight is 313 g/mol. The highest BCUT2D eigenvalue weighted by Crippen LogP contribution is 2.30. The Kier molecular flexibility index (Phi) is 4.30. The van der Waals surface area contributed by atoms with Crippen LogP contribution in [0.15, 0.2) is 35.1 Å². The van der Waals surface area contributed by atoms with Crippen molar-refractivity contribution in [1.29, 1.82) is 0 Å². The lowest BCUT2D eigenvalue weighted by molar-refractivity contribution is -0.137. The molecule has 0 atom stereocenters. The Labute approximate surface area is 122 Å². The minimum absolute atomic E-state index is 0.0584. The number of alkyl halides is 3. The molecular formula is C14H10F3NO4. The van der Waals surface area contributed by atoms with Crippen molar-refractivity contribution in [3.05, 3.63) is 52.9 Å². The molecule has 0 aliphatic rings. The van der Waals surface area contributed by atoms with Gasteiger partial charge in [0.1, 0.15) is 6.26 Å². The van der Waals surface area contributed by atoms with Crippen LogP contribution < -0.4 is 0 Å².